The van der Waals surface area contributed by atoms with Crippen LogP contribution in [0.25, 0.3) is 0 Å². The van der Waals surface area contributed by atoms with Crippen LogP contribution in [-0.2, 0) is 45.9 Å². The van der Waals surface area contributed by atoms with Crippen molar-refractivity contribution in [1.82, 2.24) is 18.6 Å². The quantitative estimate of drug-likeness (QED) is 0.328. The molecule has 0 aromatic heterocycles. The Labute approximate surface area is 116 Å². The van der Waals surface area contributed by atoms with Crippen molar-refractivity contribution in [2.45, 2.75) is 27.7 Å². The second kappa shape index (κ2) is 6.66. The Morgan fingerprint density at radius 2 is 1.00 bits per heavy atom. The molecule has 0 saturated heterocycles. The molecule has 0 atom stereocenters. The Kier molecular flexibility index (Phi) is 6.09. The molecule has 0 rings (SSSR count). The van der Waals surface area contributed by atoms with Gasteiger partial charge < -0.3 is 0 Å². The predicted octanol–water partition coefficient (Wildman–Crippen LogP) is -1.91. The van der Waals surface area contributed by atoms with Gasteiger partial charge in [0.05, 0.1) is 0 Å². The van der Waals surface area contributed by atoms with Gasteiger partial charge in [-0.15, -0.1) is 0 Å². The summed E-state index contributed by atoms with van der Waals surface area (Å²) in [5, 5.41) is 0. The zero-order valence-electron chi connectivity index (χ0n) is 11.4. The van der Waals surface area contributed by atoms with Gasteiger partial charge in [-0.05, 0) is 0 Å². The zero-order chi connectivity index (χ0) is 16.0. The molecule has 0 aromatic rings. The molecule has 0 heterocycles. The van der Waals surface area contributed by atoms with E-state index in [-0.39, 0.29) is 0 Å². The SMILES string of the molecule is CC(=O)N[O][Ti](=[O])([NH]C(C)=O)([NH]C(C)=O)[O]NC(C)=O. The van der Waals surface area contributed by atoms with Gasteiger partial charge in [-0.1, -0.05) is 0 Å². The van der Waals surface area contributed by atoms with Gasteiger partial charge in [-0.2, -0.15) is 0 Å². The summed E-state index contributed by atoms with van der Waals surface area (Å²) in [5.74, 6) is -3.33. The number of carbonyl (C=O) groups is 4. The molecule has 0 aromatic carbocycles. The van der Waals surface area contributed by atoms with Gasteiger partial charge in [0.2, 0.25) is 0 Å². The first-order valence-electron chi connectivity index (χ1n) is 5.34. The van der Waals surface area contributed by atoms with Crippen LogP contribution >= 0.6 is 0 Å². The third-order valence-corrected chi connectivity index (χ3v) is 5.47. The van der Waals surface area contributed by atoms with Crippen molar-refractivity contribution in [3.63, 3.8) is 0 Å². The second-order valence-electron chi connectivity index (χ2n) is 3.87. The van der Waals surface area contributed by atoms with E-state index >= 15 is 0 Å². The van der Waals surface area contributed by atoms with Crippen molar-refractivity contribution >= 4 is 23.6 Å². The van der Waals surface area contributed by atoms with Crippen LogP contribution in [-0.4, -0.2) is 23.6 Å². The van der Waals surface area contributed by atoms with E-state index < -0.39 is 40.2 Å². The third-order valence-electron chi connectivity index (χ3n) is 1.54. The Morgan fingerprint density at radius 3 is 1.20 bits per heavy atom. The van der Waals surface area contributed by atoms with E-state index in [1.165, 1.54) is 0 Å². The molecule has 0 fully saturated rings. The molecule has 0 aliphatic heterocycles. The van der Waals surface area contributed by atoms with Gasteiger partial charge in [-0.3, -0.25) is 0 Å². The van der Waals surface area contributed by atoms with Crippen LogP contribution < -0.4 is 18.6 Å². The Bertz CT molecular complexity index is 459. The second-order valence-corrected chi connectivity index (χ2v) is 8.37. The summed E-state index contributed by atoms with van der Waals surface area (Å²) in [6.07, 6.45) is 0. The predicted molar refractivity (Wildman–Crippen MR) is 58.1 cm³/mol. The number of carbonyl (C=O) groups excluding carboxylic acids is 4. The average Bonchev–Trinajstić information content (AvgIpc) is 2.22. The molecule has 0 radical (unpaired) electrons. The number of nitrogens with one attached hydrogen (secondary N) is 4. The fourth-order valence-electron chi connectivity index (χ4n) is 1.09. The van der Waals surface area contributed by atoms with Crippen LogP contribution in [0.1, 0.15) is 27.7 Å². The first kappa shape index (κ1) is 18.3. The maximum absolute atomic E-state index is 12.8. The fraction of sp³-hybridized carbons (Fsp3) is 0.500. The molecule has 4 amide bonds. The fourth-order valence-corrected chi connectivity index (χ4v) is 4.50. The van der Waals surface area contributed by atoms with E-state index in [1.807, 2.05) is 0 Å². The van der Waals surface area contributed by atoms with E-state index in [0.717, 1.165) is 27.7 Å². The molecular formula is C8H16N4O7Ti. The normalized spacial score (nSPS) is 11.2. The molecule has 0 aliphatic carbocycles. The molecule has 0 saturated carbocycles. The number of amides is 4. The van der Waals surface area contributed by atoms with E-state index in [0.29, 0.717) is 0 Å². The van der Waals surface area contributed by atoms with E-state index in [9.17, 15) is 22.5 Å². The van der Waals surface area contributed by atoms with Crippen LogP contribution in [0.2, 0.25) is 0 Å². The molecule has 20 heavy (non-hydrogen) atoms. The third kappa shape index (κ3) is 6.47. The number of hydrogen-bond donors (Lipinski definition) is 4. The Hall–Kier alpha value is -1.69. The Morgan fingerprint density at radius 1 is 0.700 bits per heavy atom. The average molecular weight is 328 g/mol. The maximum atomic E-state index is 12.8. The first-order valence-corrected chi connectivity index (χ1v) is 8.81. The van der Waals surface area contributed by atoms with Gasteiger partial charge >= 0.3 is 116 Å². The van der Waals surface area contributed by atoms with Crippen LogP contribution in [0.15, 0.2) is 0 Å². The van der Waals surface area contributed by atoms with Gasteiger partial charge in [0, 0.05) is 0 Å². The molecule has 0 spiro atoms. The first-order chi connectivity index (χ1) is 8.96. The molecule has 114 valence electrons. The summed E-state index contributed by atoms with van der Waals surface area (Å²) in [5.41, 5.74) is 3.38. The molecule has 0 aliphatic rings. The summed E-state index contributed by atoms with van der Waals surface area (Å²) < 4.78 is 25.5. The number of hydrogen-bond acceptors (Lipinski definition) is 7. The Balaban J connectivity index is 5.53. The van der Waals surface area contributed by atoms with Crippen molar-refractivity contribution in [1.29, 1.82) is 0 Å². The molecule has 11 nitrogen and oxygen atoms in total. The summed E-state index contributed by atoms with van der Waals surface area (Å²) >= 11 is -6.44. The van der Waals surface area contributed by atoms with E-state index in [2.05, 4.69) is 6.84 Å². The van der Waals surface area contributed by atoms with Gasteiger partial charge in [0.1, 0.15) is 0 Å². The molecule has 0 bridgehead atoms. The number of rotatable bonds is 6. The molecular weight excluding hydrogens is 312 g/mol. The number of hydroxylamine groups is 2. The van der Waals surface area contributed by atoms with E-state index in [4.69, 9.17) is 0 Å². The van der Waals surface area contributed by atoms with Crippen molar-refractivity contribution < 1.29 is 45.9 Å². The van der Waals surface area contributed by atoms with Gasteiger partial charge in [-0.25, -0.2) is 0 Å². The van der Waals surface area contributed by atoms with Crippen molar-refractivity contribution in [2.75, 3.05) is 0 Å². The standard InChI is InChI=1S/2C2H4NO2.2C2H5NO.O.Ti/c2*1-2(4)3-5;2*1-2(3)4;;/h2*1H3,(H-,3,4,5);2*1H3,(H2,3,4);;/q2*-1;;;;+4/p-2. The molecule has 12 heteroatoms. The summed E-state index contributed by atoms with van der Waals surface area (Å²) in [7, 11) is 0. The van der Waals surface area contributed by atoms with Crippen molar-refractivity contribution in [2.24, 2.45) is 0 Å². The monoisotopic (exact) mass is 328 g/mol. The van der Waals surface area contributed by atoms with Crippen LogP contribution in [0.4, 0.5) is 0 Å². The summed E-state index contributed by atoms with van der Waals surface area (Å²) in [6, 6.07) is 0. The van der Waals surface area contributed by atoms with Crippen molar-refractivity contribution in [3.8, 4) is 0 Å². The van der Waals surface area contributed by atoms with Gasteiger partial charge in [0.15, 0.2) is 0 Å². The van der Waals surface area contributed by atoms with E-state index in [1.54, 1.807) is 18.6 Å². The molecule has 0 unspecified atom stereocenters. The van der Waals surface area contributed by atoms with Gasteiger partial charge in [0.25, 0.3) is 0 Å². The minimum atomic E-state index is -6.44. The summed E-state index contributed by atoms with van der Waals surface area (Å²) in [6.45, 7) is 3.99. The zero-order valence-corrected chi connectivity index (χ0v) is 12.9. The van der Waals surface area contributed by atoms with Crippen molar-refractivity contribution in [3.05, 3.63) is 0 Å². The van der Waals surface area contributed by atoms with Crippen LogP contribution in [0, 0.1) is 0 Å². The topological polar surface area (TPSA) is 152 Å². The summed E-state index contributed by atoms with van der Waals surface area (Å²) in [4.78, 5) is 43.9. The minimum absolute atomic E-state index is 0.779. The van der Waals surface area contributed by atoms with Crippen LogP contribution in [0.5, 0.6) is 0 Å². The molecule has 4 N–H and O–H groups in total. The van der Waals surface area contributed by atoms with Crippen LogP contribution in [0.3, 0.4) is 0 Å².